The van der Waals surface area contributed by atoms with Crippen LogP contribution in [0.1, 0.15) is 26.3 Å². The summed E-state index contributed by atoms with van der Waals surface area (Å²) in [6, 6.07) is 22.7. The fourth-order valence-corrected chi connectivity index (χ4v) is 5.50. The molecule has 1 aromatic heterocycles. The minimum atomic E-state index is -4.10. The van der Waals surface area contributed by atoms with Crippen LogP contribution in [0.25, 0.3) is 22.2 Å². The number of aromatic nitrogens is 2. The summed E-state index contributed by atoms with van der Waals surface area (Å²) in [7, 11) is -4.10. The van der Waals surface area contributed by atoms with E-state index in [9.17, 15) is 22.4 Å². The van der Waals surface area contributed by atoms with E-state index in [1.165, 1.54) is 16.8 Å². The van der Waals surface area contributed by atoms with Crippen LogP contribution in [0.2, 0.25) is 0 Å². The zero-order valence-corrected chi connectivity index (χ0v) is 19.3. The first kappa shape index (κ1) is 21.9. The standard InChI is InChI=1S/C27H16FN3O4S/c28-16-12-14-17(15-13-16)36(34,35)30-22-10-4-3-8-20(22)27(33)31-23-11-5-9-21-24(23)25(29-31)18-6-1-2-7-19(18)26(21)32/h1-15,30H. The monoisotopic (exact) mass is 497 g/mol. The average Bonchev–Trinajstić information content (AvgIpc) is 3.28. The molecule has 0 saturated heterocycles. The van der Waals surface area contributed by atoms with Gasteiger partial charge in [0.1, 0.15) is 11.5 Å². The van der Waals surface area contributed by atoms with Crippen molar-refractivity contribution in [2.75, 3.05) is 4.72 Å². The number of sulfonamides is 1. The van der Waals surface area contributed by atoms with Gasteiger partial charge in [-0.2, -0.15) is 9.78 Å². The second kappa shape index (κ2) is 7.96. The number of anilines is 1. The number of benzene rings is 4. The first-order chi connectivity index (χ1) is 17.3. The number of hydrogen-bond acceptors (Lipinski definition) is 5. The molecule has 0 atom stereocenters. The maximum atomic E-state index is 13.7. The maximum Gasteiger partial charge on any atom is 0.280 e. The molecule has 0 bridgehead atoms. The van der Waals surface area contributed by atoms with E-state index >= 15 is 0 Å². The Morgan fingerprint density at radius 2 is 1.47 bits per heavy atom. The van der Waals surface area contributed by atoms with Gasteiger partial charge in [-0.3, -0.25) is 14.3 Å². The van der Waals surface area contributed by atoms with Crippen LogP contribution in [0.15, 0.2) is 95.9 Å². The number of fused-ring (bicyclic) bond motifs is 2. The van der Waals surface area contributed by atoms with Crippen molar-refractivity contribution in [3.05, 3.63) is 114 Å². The van der Waals surface area contributed by atoms with Crippen molar-refractivity contribution in [1.82, 2.24) is 9.78 Å². The molecule has 1 aliphatic rings. The summed E-state index contributed by atoms with van der Waals surface area (Å²) >= 11 is 0. The van der Waals surface area contributed by atoms with Gasteiger partial charge in [0, 0.05) is 22.1 Å². The van der Waals surface area contributed by atoms with E-state index in [1.807, 2.05) is 0 Å². The molecule has 5 aromatic rings. The molecule has 9 heteroatoms. The molecule has 1 heterocycles. The summed E-state index contributed by atoms with van der Waals surface area (Å²) in [5.41, 5.74) is 2.62. The Balaban J connectivity index is 1.47. The summed E-state index contributed by atoms with van der Waals surface area (Å²) in [6.45, 7) is 0. The molecule has 0 aliphatic heterocycles. The number of carbonyl (C=O) groups excluding carboxylic acids is 2. The van der Waals surface area contributed by atoms with Crippen LogP contribution in [-0.4, -0.2) is 29.9 Å². The summed E-state index contributed by atoms with van der Waals surface area (Å²) in [5.74, 6) is -1.29. The number of nitrogens with one attached hydrogen (secondary N) is 1. The summed E-state index contributed by atoms with van der Waals surface area (Å²) in [4.78, 5) is 26.7. The number of halogens is 1. The van der Waals surface area contributed by atoms with Gasteiger partial charge < -0.3 is 0 Å². The van der Waals surface area contributed by atoms with E-state index in [4.69, 9.17) is 0 Å². The quantitative estimate of drug-likeness (QED) is 0.375. The number of carbonyl (C=O) groups is 2. The Morgan fingerprint density at radius 1 is 0.806 bits per heavy atom. The van der Waals surface area contributed by atoms with Crippen molar-refractivity contribution in [1.29, 1.82) is 0 Å². The lowest BCUT2D eigenvalue weighted by molar-refractivity contribution is 0.0951. The highest BCUT2D eigenvalue weighted by atomic mass is 32.2. The third-order valence-electron chi connectivity index (χ3n) is 6.10. The van der Waals surface area contributed by atoms with Crippen LogP contribution in [0.4, 0.5) is 10.1 Å². The highest BCUT2D eigenvalue weighted by Crippen LogP contribution is 2.39. The molecule has 0 radical (unpaired) electrons. The molecule has 1 aliphatic carbocycles. The largest absolute Gasteiger partial charge is 0.289 e. The van der Waals surface area contributed by atoms with Crippen molar-refractivity contribution >= 4 is 38.3 Å². The van der Waals surface area contributed by atoms with E-state index in [1.54, 1.807) is 54.6 Å². The van der Waals surface area contributed by atoms with Gasteiger partial charge in [-0.15, -0.1) is 0 Å². The number of rotatable bonds is 4. The maximum absolute atomic E-state index is 13.7. The molecule has 176 valence electrons. The lowest BCUT2D eigenvalue weighted by Crippen LogP contribution is -2.19. The molecule has 7 nitrogen and oxygen atoms in total. The fraction of sp³-hybridized carbons (Fsp3) is 0. The van der Waals surface area contributed by atoms with Crippen molar-refractivity contribution in [2.24, 2.45) is 0 Å². The van der Waals surface area contributed by atoms with Gasteiger partial charge in [0.15, 0.2) is 5.78 Å². The summed E-state index contributed by atoms with van der Waals surface area (Å²) < 4.78 is 42.7. The molecule has 36 heavy (non-hydrogen) atoms. The Bertz CT molecular complexity index is 1830. The van der Waals surface area contributed by atoms with Crippen LogP contribution in [0.3, 0.4) is 0 Å². The Labute approximate surface area is 204 Å². The molecule has 0 spiro atoms. The minimum Gasteiger partial charge on any atom is -0.289 e. The van der Waals surface area contributed by atoms with E-state index < -0.39 is 21.7 Å². The van der Waals surface area contributed by atoms with Gasteiger partial charge in [-0.25, -0.2) is 12.8 Å². The summed E-state index contributed by atoms with van der Waals surface area (Å²) in [5, 5.41) is 5.14. The molecule has 6 rings (SSSR count). The molecule has 0 amide bonds. The zero-order valence-electron chi connectivity index (χ0n) is 18.5. The van der Waals surface area contributed by atoms with E-state index in [2.05, 4.69) is 9.82 Å². The molecule has 0 fully saturated rings. The van der Waals surface area contributed by atoms with E-state index in [0.717, 1.165) is 24.3 Å². The van der Waals surface area contributed by atoms with Gasteiger partial charge in [0.2, 0.25) is 0 Å². The van der Waals surface area contributed by atoms with Crippen LogP contribution < -0.4 is 4.72 Å². The second-order valence-corrected chi connectivity index (χ2v) is 9.93. The van der Waals surface area contributed by atoms with Gasteiger partial charge in [0.25, 0.3) is 15.9 Å². The lowest BCUT2D eigenvalue weighted by atomic mass is 9.87. The van der Waals surface area contributed by atoms with Crippen molar-refractivity contribution in [2.45, 2.75) is 4.90 Å². The molecule has 1 N–H and O–H groups in total. The van der Waals surface area contributed by atoms with Crippen molar-refractivity contribution in [3.8, 4) is 11.3 Å². The third-order valence-corrected chi connectivity index (χ3v) is 7.48. The fourth-order valence-electron chi connectivity index (χ4n) is 4.42. The Hall–Kier alpha value is -4.63. The SMILES string of the molecule is O=C1c2ccccc2-c2nn(C(=O)c3ccccc3NS(=O)(=O)c3ccc(F)cc3)c3cccc1c23. The minimum absolute atomic E-state index is 0.0412. The lowest BCUT2D eigenvalue weighted by Gasteiger charge is -2.13. The van der Waals surface area contributed by atoms with Gasteiger partial charge in [-0.05, 0) is 42.5 Å². The van der Waals surface area contributed by atoms with Crippen LogP contribution in [0.5, 0.6) is 0 Å². The Kier molecular flexibility index (Phi) is 4.84. The van der Waals surface area contributed by atoms with E-state index in [0.29, 0.717) is 33.3 Å². The first-order valence-electron chi connectivity index (χ1n) is 10.9. The van der Waals surface area contributed by atoms with Gasteiger partial charge in [0.05, 0.1) is 21.7 Å². The van der Waals surface area contributed by atoms with E-state index in [-0.39, 0.29) is 21.9 Å². The normalized spacial score (nSPS) is 12.4. The number of ketones is 1. The summed E-state index contributed by atoms with van der Waals surface area (Å²) in [6.07, 6.45) is 0. The molecule has 0 unspecified atom stereocenters. The number of nitrogens with zero attached hydrogens (tertiary/aromatic N) is 2. The molecule has 4 aromatic carbocycles. The predicted molar refractivity (Wildman–Crippen MR) is 132 cm³/mol. The number of hydrogen-bond donors (Lipinski definition) is 1. The number of para-hydroxylation sites is 1. The van der Waals surface area contributed by atoms with Crippen LogP contribution >= 0.6 is 0 Å². The zero-order chi connectivity index (χ0) is 25.0. The Morgan fingerprint density at radius 3 is 2.25 bits per heavy atom. The average molecular weight is 498 g/mol. The van der Waals surface area contributed by atoms with Crippen LogP contribution in [-0.2, 0) is 10.0 Å². The topological polar surface area (TPSA) is 98.1 Å². The van der Waals surface area contributed by atoms with Crippen LogP contribution in [0, 0.1) is 5.82 Å². The van der Waals surface area contributed by atoms with Gasteiger partial charge in [-0.1, -0.05) is 48.5 Å². The highest BCUT2D eigenvalue weighted by molar-refractivity contribution is 7.92. The second-order valence-electron chi connectivity index (χ2n) is 8.24. The van der Waals surface area contributed by atoms with Crippen molar-refractivity contribution in [3.63, 3.8) is 0 Å². The first-order valence-corrected chi connectivity index (χ1v) is 12.4. The molecular weight excluding hydrogens is 481 g/mol. The third kappa shape index (κ3) is 3.32. The highest BCUT2D eigenvalue weighted by Gasteiger charge is 2.30. The smallest absolute Gasteiger partial charge is 0.280 e. The van der Waals surface area contributed by atoms with Gasteiger partial charge >= 0.3 is 0 Å². The molecule has 0 saturated carbocycles. The van der Waals surface area contributed by atoms with Crippen molar-refractivity contribution < 1.29 is 22.4 Å². The predicted octanol–water partition coefficient (Wildman–Crippen LogP) is 4.88. The molecular formula is C27H16FN3O4S.